The van der Waals surface area contributed by atoms with E-state index in [9.17, 15) is 50.3 Å². The van der Waals surface area contributed by atoms with E-state index >= 15 is 0 Å². The first-order valence-electron chi connectivity index (χ1n) is 14.2. The van der Waals surface area contributed by atoms with Crippen molar-refractivity contribution < 1.29 is 55.1 Å². The summed E-state index contributed by atoms with van der Waals surface area (Å²) in [4.78, 5) is 64.3. The summed E-state index contributed by atoms with van der Waals surface area (Å²) in [6, 6.07) is 6.49. The van der Waals surface area contributed by atoms with Gasteiger partial charge in [-0.1, -0.05) is 0 Å². The number of nitrogens with two attached hydrogens (primary N) is 1. The number of carbonyl (C=O) groups excluding carboxylic acids is 5. The molecule has 1 aromatic heterocycles. The molecule has 3 N–H and O–H groups in total. The molecule has 1 saturated heterocycles. The molecule has 49 heavy (non-hydrogen) atoms. The van der Waals surface area contributed by atoms with E-state index in [0.717, 1.165) is 11.3 Å². The number of anilines is 1. The number of hydrogen-bond donors (Lipinski definition) is 2. The number of ether oxygens (including phenoxy) is 1. The maximum absolute atomic E-state index is 13.4. The van der Waals surface area contributed by atoms with Crippen LogP contribution in [0.4, 0.5) is 36.8 Å². The van der Waals surface area contributed by atoms with Gasteiger partial charge in [-0.15, -0.1) is 11.3 Å². The SMILES string of the molecule is CC(C)(C)OC(=O)c1ccc(NC(=O)[C@@H](CCC(N)=O)N2C(=O)S/C(=C\c3cc(-c4cc(C(F)(F)F)cc(C(F)(F)F)c4)cs3)C2=O)cc1. The highest BCUT2D eigenvalue weighted by molar-refractivity contribution is 8.18. The minimum Gasteiger partial charge on any atom is -0.456 e. The number of thiophene rings is 1. The third kappa shape index (κ3) is 9.50. The molecule has 3 aromatic rings. The van der Waals surface area contributed by atoms with Crippen molar-refractivity contribution in [3.63, 3.8) is 0 Å². The first kappa shape index (κ1) is 37.2. The molecule has 0 saturated carbocycles. The summed E-state index contributed by atoms with van der Waals surface area (Å²) in [5.41, 5.74) is 1.54. The number of nitrogens with one attached hydrogen (secondary N) is 1. The molecule has 0 bridgehead atoms. The minimum atomic E-state index is -5.05. The Morgan fingerprint density at radius 3 is 2.04 bits per heavy atom. The number of alkyl halides is 6. The molecule has 1 atom stereocenters. The van der Waals surface area contributed by atoms with Gasteiger partial charge in [-0.2, -0.15) is 26.3 Å². The molecule has 2 aromatic carbocycles. The monoisotopic (exact) mass is 727 g/mol. The van der Waals surface area contributed by atoms with Gasteiger partial charge in [0.1, 0.15) is 11.6 Å². The number of primary amides is 1. The predicted molar refractivity (Wildman–Crippen MR) is 170 cm³/mol. The van der Waals surface area contributed by atoms with Crippen molar-refractivity contribution in [2.24, 2.45) is 5.73 Å². The van der Waals surface area contributed by atoms with Gasteiger partial charge in [0, 0.05) is 17.0 Å². The Hall–Kier alpha value is -4.64. The Bertz CT molecular complexity index is 1800. The zero-order valence-corrected chi connectivity index (χ0v) is 27.5. The van der Waals surface area contributed by atoms with Crippen LogP contribution in [0.2, 0.25) is 0 Å². The molecule has 2 heterocycles. The second-order valence-electron chi connectivity index (χ2n) is 11.7. The first-order valence-corrected chi connectivity index (χ1v) is 15.9. The van der Waals surface area contributed by atoms with Crippen LogP contribution < -0.4 is 11.1 Å². The molecule has 4 amide bonds. The number of carbonyl (C=O) groups is 5. The van der Waals surface area contributed by atoms with Crippen molar-refractivity contribution in [3.8, 4) is 11.1 Å². The highest BCUT2D eigenvalue weighted by Gasteiger charge is 2.43. The molecule has 9 nitrogen and oxygen atoms in total. The van der Waals surface area contributed by atoms with Crippen LogP contribution in [0.15, 0.2) is 58.8 Å². The van der Waals surface area contributed by atoms with Crippen molar-refractivity contribution in [2.75, 3.05) is 5.32 Å². The van der Waals surface area contributed by atoms with Crippen LogP contribution >= 0.6 is 23.1 Å². The Kier molecular flexibility index (Phi) is 10.7. The van der Waals surface area contributed by atoms with E-state index in [2.05, 4.69) is 5.32 Å². The molecule has 1 aliphatic heterocycles. The molecule has 260 valence electrons. The number of nitrogens with zero attached hydrogens (tertiary/aromatic N) is 1. The summed E-state index contributed by atoms with van der Waals surface area (Å²) in [5.74, 6) is -3.18. The van der Waals surface area contributed by atoms with Gasteiger partial charge in [0.05, 0.1) is 21.6 Å². The summed E-state index contributed by atoms with van der Waals surface area (Å²) in [6.45, 7) is 5.08. The van der Waals surface area contributed by atoms with Crippen LogP contribution in [-0.4, -0.2) is 45.5 Å². The Morgan fingerprint density at radius 2 is 1.51 bits per heavy atom. The lowest BCUT2D eigenvalue weighted by molar-refractivity contribution is -0.143. The molecule has 0 aliphatic carbocycles. The van der Waals surface area contributed by atoms with Crippen LogP contribution in [0.5, 0.6) is 0 Å². The molecule has 4 rings (SSSR count). The van der Waals surface area contributed by atoms with E-state index in [4.69, 9.17) is 10.5 Å². The van der Waals surface area contributed by atoms with E-state index in [1.54, 1.807) is 20.8 Å². The number of halogens is 6. The highest BCUT2D eigenvalue weighted by atomic mass is 32.2. The van der Waals surface area contributed by atoms with E-state index in [1.165, 1.54) is 41.8 Å². The van der Waals surface area contributed by atoms with Gasteiger partial charge in [-0.25, -0.2) is 4.79 Å². The number of esters is 1. The molecule has 1 aliphatic rings. The number of hydrogen-bond acceptors (Lipinski definition) is 8. The number of thioether (sulfide) groups is 1. The summed E-state index contributed by atoms with van der Waals surface area (Å²) in [7, 11) is 0. The molecule has 17 heteroatoms. The predicted octanol–water partition coefficient (Wildman–Crippen LogP) is 7.72. The standard InChI is InChI=1S/C32H27F6N3O6S2/c1-30(2,3)47-28(45)16-4-6-21(7-5-16)40-26(43)23(8-9-25(39)42)41-27(44)24(49-29(41)46)14-22-12-18(15-48-22)17-10-19(31(33,34)35)13-20(11-17)32(36,37)38/h4-7,10-15,23H,8-9H2,1-3H3,(H2,39,42)(H,40,43)/b24-14-/t23-/m1/s1. The lowest BCUT2D eigenvalue weighted by Gasteiger charge is -2.24. The molecular formula is C32H27F6N3O6S2. The van der Waals surface area contributed by atoms with Gasteiger partial charge in [0.25, 0.3) is 11.1 Å². The molecule has 0 spiro atoms. The summed E-state index contributed by atoms with van der Waals surface area (Å²) >= 11 is 1.34. The quantitative estimate of drug-likeness (QED) is 0.131. The van der Waals surface area contributed by atoms with Crippen LogP contribution in [0.25, 0.3) is 17.2 Å². The molecule has 1 fully saturated rings. The maximum atomic E-state index is 13.4. The smallest absolute Gasteiger partial charge is 0.416 e. The largest absolute Gasteiger partial charge is 0.456 e. The number of rotatable bonds is 9. The van der Waals surface area contributed by atoms with E-state index in [-0.39, 0.29) is 51.1 Å². The fourth-order valence-corrected chi connectivity index (χ4v) is 6.28. The lowest BCUT2D eigenvalue weighted by Crippen LogP contribution is -2.47. The van der Waals surface area contributed by atoms with E-state index in [1.807, 2.05) is 0 Å². The van der Waals surface area contributed by atoms with E-state index in [0.29, 0.717) is 28.8 Å². The Morgan fingerprint density at radius 1 is 0.918 bits per heavy atom. The second-order valence-corrected chi connectivity index (χ2v) is 13.6. The number of amides is 4. The topological polar surface area (TPSA) is 136 Å². The normalized spacial score (nSPS) is 15.4. The Labute approximate surface area is 283 Å². The summed E-state index contributed by atoms with van der Waals surface area (Å²) in [6.07, 6.45) is -9.58. The van der Waals surface area contributed by atoms with Gasteiger partial charge in [-0.05, 0) is 110 Å². The lowest BCUT2D eigenvalue weighted by atomic mass is 10.0. The highest BCUT2D eigenvalue weighted by Crippen LogP contribution is 2.41. The number of imide groups is 1. The summed E-state index contributed by atoms with van der Waals surface area (Å²) in [5, 5.41) is 2.96. The van der Waals surface area contributed by atoms with Crippen molar-refractivity contribution in [3.05, 3.63) is 80.4 Å². The van der Waals surface area contributed by atoms with Crippen LogP contribution in [0.3, 0.4) is 0 Å². The molecular weight excluding hydrogens is 700 g/mol. The van der Waals surface area contributed by atoms with Gasteiger partial charge in [0.2, 0.25) is 11.8 Å². The summed E-state index contributed by atoms with van der Waals surface area (Å²) < 4.78 is 85.5. The minimum absolute atomic E-state index is 0.00322. The second kappa shape index (κ2) is 14.1. The zero-order valence-electron chi connectivity index (χ0n) is 25.8. The zero-order chi connectivity index (χ0) is 36.5. The van der Waals surface area contributed by atoms with Crippen molar-refractivity contribution in [1.82, 2.24) is 4.90 Å². The maximum Gasteiger partial charge on any atom is 0.416 e. The fourth-order valence-electron chi connectivity index (χ4n) is 4.49. The van der Waals surface area contributed by atoms with E-state index < -0.39 is 64.1 Å². The Balaban J connectivity index is 1.57. The van der Waals surface area contributed by atoms with Crippen molar-refractivity contribution in [1.29, 1.82) is 0 Å². The molecule has 0 unspecified atom stereocenters. The van der Waals surface area contributed by atoms with Gasteiger partial charge >= 0.3 is 18.3 Å². The fraction of sp³-hybridized carbons (Fsp3) is 0.281. The van der Waals surface area contributed by atoms with Gasteiger partial charge in [0.15, 0.2) is 0 Å². The van der Waals surface area contributed by atoms with Crippen molar-refractivity contribution >= 4 is 63.8 Å². The van der Waals surface area contributed by atoms with Gasteiger partial charge < -0.3 is 15.8 Å². The third-order valence-corrected chi connectivity index (χ3v) is 8.47. The van der Waals surface area contributed by atoms with Crippen LogP contribution in [0, 0.1) is 0 Å². The molecule has 0 radical (unpaired) electrons. The van der Waals surface area contributed by atoms with Crippen LogP contribution in [0.1, 0.15) is 60.0 Å². The number of benzene rings is 2. The average molecular weight is 728 g/mol. The third-order valence-electron chi connectivity index (χ3n) is 6.70. The van der Waals surface area contributed by atoms with Crippen molar-refractivity contribution in [2.45, 2.75) is 57.6 Å². The van der Waals surface area contributed by atoms with Crippen LogP contribution in [-0.2, 0) is 31.5 Å². The average Bonchev–Trinajstić information content (AvgIpc) is 3.55. The van der Waals surface area contributed by atoms with Gasteiger partial charge in [-0.3, -0.25) is 24.1 Å². The first-order chi connectivity index (χ1) is 22.6.